The molecule has 0 aromatic heterocycles. The molecule has 0 saturated carbocycles. The monoisotopic (exact) mass is 389 g/mol. The predicted octanol–water partition coefficient (Wildman–Crippen LogP) is -3.36. The van der Waals surface area contributed by atoms with E-state index in [1.165, 1.54) is 0 Å². The summed E-state index contributed by atoms with van der Waals surface area (Å²) in [4.78, 5) is 39.7. The van der Waals surface area contributed by atoms with Gasteiger partial charge in [-0.15, -0.1) is 0 Å². The zero-order valence-electron chi connectivity index (χ0n) is 13.0. The molecular weight excluding hydrogens is 369 g/mol. The van der Waals surface area contributed by atoms with Gasteiger partial charge < -0.3 is 45.4 Å². The smallest absolute Gasteiger partial charge is 0.469 e. The zero-order valence-corrected chi connectivity index (χ0v) is 13.9. The Balaban J connectivity index is 3.00. The van der Waals surface area contributed by atoms with Gasteiger partial charge in [-0.1, -0.05) is 0 Å². The predicted molar refractivity (Wildman–Crippen MR) is 75.6 cm³/mol. The zero-order chi connectivity index (χ0) is 19.6. The molecular formula is C11H20NO12P. The summed E-state index contributed by atoms with van der Waals surface area (Å²) in [5.41, 5.74) is 5.62. The summed E-state index contributed by atoms with van der Waals surface area (Å²) in [7, 11) is -4.94. The number of carbonyl (C=O) groups is 2. The van der Waals surface area contributed by atoms with Crippen molar-refractivity contribution in [2.75, 3.05) is 6.61 Å². The molecule has 25 heavy (non-hydrogen) atoms. The van der Waals surface area contributed by atoms with E-state index < -0.39 is 69.0 Å². The molecule has 0 amide bonds. The number of carbonyl (C=O) groups excluding carboxylic acids is 1. The first-order valence-corrected chi connectivity index (χ1v) is 8.43. The van der Waals surface area contributed by atoms with E-state index in [4.69, 9.17) is 20.3 Å². The van der Waals surface area contributed by atoms with Crippen LogP contribution in [0.1, 0.15) is 13.3 Å². The molecule has 1 rings (SSSR count). The number of aliphatic hydroxyl groups excluding tert-OH is 3. The second kappa shape index (κ2) is 8.03. The summed E-state index contributed by atoms with van der Waals surface area (Å²) in [5, 5.41) is 39.0. The van der Waals surface area contributed by atoms with E-state index in [1.807, 2.05) is 0 Å². The number of aliphatic hydroxyl groups is 3. The summed E-state index contributed by atoms with van der Waals surface area (Å²) in [6.07, 6.45) is -8.07. The fourth-order valence-electron chi connectivity index (χ4n) is 2.24. The first-order valence-electron chi connectivity index (χ1n) is 6.90. The van der Waals surface area contributed by atoms with Gasteiger partial charge in [0.05, 0.1) is 25.2 Å². The third-order valence-electron chi connectivity index (χ3n) is 3.41. The van der Waals surface area contributed by atoms with Crippen molar-refractivity contribution in [1.82, 2.24) is 0 Å². The van der Waals surface area contributed by atoms with Gasteiger partial charge in [0.2, 0.25) is 0 Å². The number of aliphatic carboxylic acids is 1. The third-order valence-corrected chi connectivity index (χ3v) is 3.89. The van der Waals surface area contributed by atoms with Crippen LogP contribution in [-0.2, 0) is 28.2 Å². The van der Waals surface area contributed by atoms with Crippen molar-refractivity contribution in [3.8, 4) is 0 Å². The Labute approximate surface area is 141 Å². The van der Waals surface area contributed by atoms with Gasteiger partial charge in [-0.3, -0.25) is 9.32 Å². The summed E-state index contributed by atoms with van der Waals surface area (Å²) in [5.74, 6) is -5.49. The van der Waals surface area contributed by atoms with E-state index in [9.17, 15) is 34.6 Å². The topological polar surface area (TPSA) is 226 Å². The van der Waals surface area contributed by atoms with Crippen LogP contribution < -0.4 is 5.73 Å². The van der Waals surface area contributed by atoms with Crippen molar-refractivity contribution in [2.45, 2.75) is 49.6 Å². The molecule has 0 bridgehead atoms. The van der Waals surface area contributed by atoms with Crippen LogP contribution >= 0.6 is 7.82 Å². The van der Waals surface area contributed by atoms with Gasteiger partial charge in [-0.05, 0) is 0 Å². The summed E-state index contributed by atoms with van der Waals surface area (Å²) in [6.45, 7) is -0.148. The Hall–Kier alpha value is -1.15. The van der Waals surface area contributed by atoms with Gasteiger partial charge in [0.25, 0.3) is 0 Å². The quantitative estimate of drug-likeness (QED) is 0.167. The highest BCUT2D eigenvalue weighted by molar-refractivity contribution is 7.46. The first kappa shape index (κ1) is 21.9. The highest BCUT2D eigenvalue weighted by atomic mass is 31.2. The molecule has 1 aliphatic rings. The number of ether oxygens (including phenoxy) is 2. The molecule has 0 aromatic carbocycles. The minimum Gasteiger partial charge on any atom is -0.476 e. The van der Waals surface area contributed by atoms with Crippen LogP contribution in [-0.4, -0.2) is 85.0 Å². The Bertz CT molecular complexity index is 551. The fourth-order valence-corrected chi connectivity index (χ4v) is 2.59. The SMILES string of the molecule is CC(=O)OC1(C(=O)O)C[C@H](O)[C@@H](N)[C@H](C(O)C(O)COP(=O)(O)O)O1. The fraction of sp³-hybridized carbons (Fsp3) is 0.818. The molecule has 6 atom stereocenters. The highest BCUT2D eigenvalue weighted by Crippen LogP contribution is 2.37. The van der Waals surface area contributed by atoms with Crippen molar-refractivity contribution in [3.05, 3.63) is 0 Å². The molecule has 1 heterocycles. The molecule has 0 aliphatic carbocycles. The number of hydrogen-bond acceptors (Lipinski definition) is 10. The Kier molecular flexibility index (Phi) is 7.03. The molecule has 0 spiro atoms. The van der Waals surface area contributed by atoms with Crippen LogP contribution in [0.15, 0.2) is 0 Å². The first-order chi connectivity index (χ1) is 11.3. The lowest BCUT2D eigenvalue weighted by Gasteiger charge is -2.44. The highest BCUT2D eigenvalue weighted by Gasteiger charge is 2.56. The molecule has 14 heteroatoms. The maximum atomic E-state index is 11.4. The van der Waals surface area contributed by atoms with Crippen molar-refractivity contribution < 1.29 is 58.4 Å². The molecule has 8 N–H and O–H groups in total. The number of carboxylic acids is 1. The average molecular weight is 389 g/mol. The maximum Gasteiger partial charge on any atom is 0.469 e. The van der Waals surface area contributed by atoms with Gasteiger partial charge in [0.1, 0.15) is 18.3 Å². The van der Waals surface area contributed by atoms with Crippen LogP contribution in [0.4, 0.5) is 0 Å². The van der Waals surface area contributed by atoms with Crippen LogP contribution in [0, 0.1) is 0 Å². The normalized spacial score (nSPS) is 32.7. The van der Waals surface area contributed by atoms with E-state index in [1.54, 1.807) is 0 Å². The van der Waals surface area contributed by atoms with Crippen molar-refractivity contribution in [2.24, 2.45) is 5.73 Å². The minimum absolute atomic E-state index is 0.735. The van der Waals surface area contributed by atoms with Gasteiger partial charge in [0, 0.05) is 6.92 Å². The van der Waals surface area contributed by atoms with E-state index in [2.05, 4.69) is 9.26 Å². The van der Waals surface area contributed by atoms with Crippen LogP contribution in [0.3, 0.4) is 0 Å². The van der Waals surface area contributed by atoms with Crippen LogP contribution in [0.2, 0.25) is 0 Å². The van der Waals surface area contributed by atoms with Crippen LogP contribution in [0.25, 0.3) is 0 Å². The lowest BCUT2D eigenvalue weighted by molar-refractivity contribution is -0.298. The van der Waals surface area contributed by atoms with Gasteiger partial charge in [0.15, 0.2) is 0 Å². The number of rotatable bonds is 7. The van der Waals surface area contributed by atoms with Crippen molar-refractivity contribution >= 4 is 19.8 Å². The number of carboxylic acid groups (broad SMARTS) is 1. The number of nitrogens with two attached hydrogens (primary N) is 1. The van der Waals surface area contributed by atoms with E-state index >= 15 is 0 Å². The number of phosphoric ester groups is 1. The number of hydrogen-bond donors (Lipinski definition) is 7. The average Bonchev–Trinajstić information content (AvgIpc) is 2.46. The lowest BCUT2D eigenvalue weighted by Crippen LogP contribution is -2.66. The standard InChI is InChI=1S/C11H20NO12P/c1-4(13)23-11(10(17)18)2-5(14)7(12)9(24-11)8(16)6(15)3-22-25(19,20)21/h5-9,14-16H,2-3,12H2,1H3,(H,17,18)(H2,19,20,21)/t5-,6?,7+,8?,9+,11?/m0/s1. The Morgan fingerprint density at radius 2 is 1.96 bits per heavy atom. The third kappa shape index (κ3) is 5.67. The number of phosphoric acid groups is 1. The lowest BCUT2D eigenvalue weighted by atomic mass is 9.89. The van der Waals surface area contributed by atoms with E-state index in [0.717, 1.165) is 6.92 Å². The van der Waals surface area contributed by atoms with E-state index in [-0.39, 0.29) is 0 Å². The van der Waals surface area contributed by atoms with Crippen LogP contribution in [0.5, 0.6) is 0 Å². The van der Waals surface area contributed by atoms with Gasteiger partial charge >= 0.3 is 25.5 Å². The summed E-state index contributed by atoms with van der Waals surface area (Å²) in [6, 6.07) is -1.40. The summed E-state index contributed by atoms with van der Waals surface area (Å²) < 4.78 is 24.3. The van der Waals surface area contributed by atoms with E-state index in [0.29, 0.717) is 0 Å². The molecule has 3 unspecified atom stereocenters. The molecule has 1 saturated heterocycles. The second-order valence-electron chi connectivity index (χ2n) is 5.43. The number of esters is 1. The maximum absolute atomic E-state index is 11.4. The minimum atomic E-state index is -4.94. The molecule has 0 aromatic rings. The Morgan fingerprint density at radius 1 is 1.40 bits per heavy atom. The molecule has 1 fully saturated rings. The molecule has 13 nitrogen and oxygen atoms in total. The van der Waals surface area contributed by atoms with Crippen molar-refractivity contribution in [3.63, 3.8) is 0 Å². The molecule has 0 radical (unpaired) electrons. The van der Waals surface area contributed by atoms with Gasteiger partial charge in [-0.2, -0.15) is 0 Å². The molecule has 1 aliphatic heterocycles. The molecule has 146 valence electrons. The second-order valence-corrected chi connectivity index (χ2v) is 6.67. The summed E-state index contributed by atoms with van der Waals surface area (Å²) >= 11 is 0. The van der Waals surface area contributed by atoms with Crippen molar-refractivity contribution in [1.29, 1.82) is 0 Å². The largest absolute Gasteiger partial charge is 0.476 e. The van der Waals surface area contributed by atoms with Gasteiger partial charge in [-0.25, -0.2) is 9.36 Å². The Morgan fingerprint density at radius 3 is 2.40 bits per heavy atom.